The molecule has 1 aromatic rings. The van der Waals surface area contributed by atoms with Crippen LogP contribution < -0.4 is 0 Å². The van der Waals surface area contributed by atoms with E-state index in [4.69, 9.17) is 0 Å². The molecule has 0 spiro atoms. The SMILES string of the molecule is CCN(C)C(=O)N(CC)Cc1nc(C(F)(F)F)ccc1C(=O)C1C(=O)CCCC1=O. The van der Waals surface area contributed by atoms with Gasteiger partial charge < -0.3 is 9.80 Å². The number of aromatic nitrogens is 1. The molecule has 0 N–H and O–H groups in total. The number of hydrogen-bond acceptors (Lipinski definition) is 5. The van der Waals surface area contributed by atoms with E-state index in [1.165, 1.54) is 16.8 Å². The van der Waals surface area contributed by atoms with Crippen molar-refractivity contribution in [1.29, 1.82) is 0 Å². The number of nitrogens with zero attached hydrogens (tertiary/aromatic N) is 3. The van der Waals surface area contributed by atoms with Crippen molar-refractivity contribution in [2.75, 3.05) is 20.1 Å². The largest absolute Gasteiger partial charge is 0.433 e. The summed E-state index contributed by atoms with van der Waals surface area (Å²) >= 11 is 0. The molecule has 164 valence electrons. The van der Waals surface area contributed by atoms with Gasteiger partial charge in [-0.1, -0.05) is 0 Å². The van der Waals surface area contributed by atoms with Gasteiger partial charge >= 0.3 is 12.2 Å². The number of carbonyl (C=O) groups excluding carboxylic acids is 4. The average Bonchev–Trinajstić information content (AvgIpc) is 2.69. The minimum atomic E-state index is -4.76. The summed E-state index contributed by atoms with van der Waals surface area (Å²) in [6, 6.07) is 1.14. The van der Waals surface area contributed by atoms with E-state index in [1.807, 2.05) is 0 Å². The Bertz CT molecular complexity index is 838. The van der Waals surface area contributed by atoms with E-state index in [9.17, 15) is 32.3 Å². The number of hydrogen-bond donors (Lipinski definition) is 0. The van der Waals surface area contributed by atoms with Crippen LogP contribution in [0.15, 0.2) is 12.1 Å². The highest BCUT2D eigenvalue weighted by atomic mass is 19.4. The highest BCUT2D eigenvalue weighted by Crippen LogP contribution is 2.30. The van der Waals surface area contributed by atoms with Crippen molar-refractivity contribution in [3.8, 4) is 0 Å². The molecule has 7 nitrogen and oxygen atoms in total. The second-order valence-corrected chi connectivity index (χ2v) is 7.08. The maximum Gasteiger partial charge on any atom is 0.433 e. The fourth-order valence-electron chi connectivity index (χ4n) is 3.23. The Morgan fingerprint density at radius 1 is 1.10 bits per heavy atom. The van der Waals surface area contributed by atoms with Crippen LogP contribution in [0, 0.1) is 5.92 Å². The molecule has 2 rings (SSSR count). The summed E-state index contributed by atoms with van der Waals surface area (Å²) in [5.74, 6) is -3.49. The molecule has 1 aromatic heterocycles. The van der Waals surface area contributed by atoms with Gasteiger partial charge in [0.05, 0.1) is 12.2 Å². The van der Waals surface area contributed by atoms with Gasteiger partial charge in [0.1, 0.15) is 11.6 Å². The fourth-order valence-corrected chi connectivity index (χ4v) is 3.23. The van der Waals surface area contributed by atoms with Gasteiger partial charge in [-0.05, 0) is 32.4 Å². The summed E-state index contributed by atoms with van der Waals surface area (Å²) in [7, 11) is 1.54. The number of amides is 2. The van der Waals surface area contributed by atoms with E-state index < -0.39 is 41.2 Å². The minimum Gasteiger partial charge on any atom is -0.328 e. The second-order valence-electron chi connectivity index (χ2n) is 7.08. The van der Waals surface area contributed by atoms with Gasteiger partial charge in [-0.2, -0.15) is 13.2 Å². The highest BCUT2D eigenvalue weighted by molar-refractivity contribution is 6.25. The average molecular weight is 427 g/mol. The standard InChI is InChI=1S/C20H24F3N3O4/c1-4-25(3)19(30)26(5-2)11-13-12(9-10-16(24-13)20(21,22)23)18(29)17-14(27)7-6-8-15(17)28/h9-10,17H,4-8,11H2,1-3H3. The smallest absolute Gasteiger partial charge is 0.328 e. The molecule has 1 aliphatic carbocycles. The number of ketones is 3. The van der Waals surface area contributed by atoms with Gasteiger partial charge in [-0.3, -0.25) is 14.4 Å². The van der Waals surface area contributed by atoms with Crippen molar-refractivity contribution >= 4 is 23.4 Å². The molecular formula is C20H24F3N3O4. The van der Waals surface area contributed by atoms with Crippen LogP contribution in [-0.4, -0.2) is 58.3 Å². The Kier molecular flexibility index (Phi) is 7.33. The van der Waals surface area contributed by atoms with Gasteiger partial charge in [0.25, 0.3) is 0 Å². The first-order chi connectivity index (χ1) is 14.0. The lowest BCUT2D eigenvalue weighted by Crippen LogP contribution is -2.41. The summed E-state index contributed by atoms with van der Waals surface area (Å²) in [6.45, 7) is 3.56. The lowest BCUT2D eigenvalue weighted by atomic mass is 9.81. The third-order valence-corrected chi connectivity index (χ3v) is 5.08. The van der Waals surface area contributed by atoms with E-state index in [1.54, 1.807) is 13.8 Å². The van der Waals surface area contributed by atoms with Gasteiger partial charge in [-0.15, -0.1) is 0 Å². The molecule has 0 radical (unpaired) electrons. The summed E-state index contributed by atoms with van der Waals surface area (Å²) in [5, 5.41) is 0. The summed E-state index contributed by atoms with van der Waals surface area (Å²) in [4.78, 5) is 56.0. The predicted molar refractivity (Wildman–Crippen MR) is 101 cm³/mol. The van der Waals surface area contributed by atoms with Crippen LogP contribution in [0.2, 0.25) is 0 Å². The summed E-state index contributed by atoms with van der Waals surface area (Å²) in [6.07, 6.45) is -4.28. The summed E-state index contributed by atoms with van der Waals surface area (Å²) < 4.78 is 39.6. The van der Waals surface area contributed by atoms with Gasteiger partial charge in [-0.25, -0.2) is 9.78 Å². The Morgan fingerprint density at radius 3 is 2.20 bits per heavy atom. The number of halogens is 3. The van der Waals surface area contributed by atoms with E-state index >= 15 is 0 Å². The second kappa shape index (κ2) is 9.36. The zero-order valence-electron chi connectivity index (χ0n) is 17.1. The molecule has 0 aliphatic heterocycles. The fraction of sp³-hybridized carbons (Fsp3) is 0.550. The van der Waals surface area contributed by atoms with Crippen molar-refractivity contribution in [2.45, 2.75) is 45.8 Å². The highest BCUT2D eigenvalue weighted by Gasteiger charge is 2.39. The Balaban J connectivity index is 2.49. The van der Waals surface area contributed by atoms with Crippen molar-refractivity contribution in [1.82, 2.24) is 14.8 Å². The van der Waals surface area contributed by atoms with Crippen molar-refractivity contribution in [2.24, 2.45) is 5.92 Å². The van der Waals surface area contributed by atoms with Crippen LogP contribution in [0.1, 0.15) is 54.9 Å². The Morgan fingerprint density at radius 2 is 1.70 bits per heavy atom. The predicted octanol–water partition coefficient (Wildman–Crippen LogP) is 3.12. The lowest BCUT2D eigenvalue weighted by molar-refractivity contribution is -0.141. The van der Waals surface area contributed by atoms with Crippen LogP contribution in [0.4, 0.5) is 18.0 Å². The number of urea groups is 1. The number of Topliss-reactive ketones (excluding diaryl/α,β-unsaturated/α-hetero) is 3. The quantitative estimate of drug-likeness (QED) is 0.514. The molecule has 0 atom stereocenters. The van der Waals surface area contributed by atoms with Crippen molar-refractivity contribution in [3.63, 3.8) is 0 Å². The topological polar surface area (TPSA) is 87.7 Å². The molecule has 0 bridgehead atoms. The Labute approximate surface area is 172 Å². The molecular weight excluding hydrogens is 403 g/mol. The van der Waals surface area contributed by atoms with Crippen molar-refractivity contribution in [3.05, 3.63) is 29.1 Å². The van der Waals surface area contributed by atoms with Crippen LogP contribution >= 0.6 is 0 Å². The minimum absolute atomic E-state index is 0.0619. The molecule has 10 heteroatoms. The molecule has 1 fully saturated rings. The molecule has 1 aliphatic rings. The van der Waals surface area contributed by atoms with Crippen LogP contribution in [0.5, 0.6) is 0 Å². The Hall–Kier alpha value is -2.78. The molecule has 0 saturated heterocycles. The van der Waals surface area contributed by atoms with Crippen molar-refractivity contribution < 1.29 is 32.3 Å². The third kappa shape index (κ3) is 5.03. The number of alkyl halides is 3. The van der Waals surface area contributed by atoms with E-state index in [0.29, 0.717) is 19.0 Å². The molecule has 1 saturated carbocycles. The molecule has 1 heterocycles. The number of pyridine rings is 1. The third-order valence-electron chi connectivity index (χ3n) is 5.08. The van der Waals surface area contributed by atoms with Gasteiger partial charge in [0, 0.05) is 38.5 Å². The zero-order chi connectivity index (χ0) is 22.6. The van der Waals surface area contributed by atoms with Gasteiger partial charge in [0.2, 0.25) is 0 Å². The van der Waals surface area contributed by atoms with Crippen LogP contribution in [-0.2, 0) is 22.3 Å². The van der Waals surface area contributed by atoms with Gasteiger partial charge in [0.15, 0.2) is 17.3 Å². The number of carbonyl (C=O) groups is 4. The monoisotopic (exact) mass is 427 g/mol. The van der Waals surface area contributed by atoms with Crippen LogP contribution in [0.3, 0.4) is 0 Å². The van der Waals surface area contributed by atoms with E-state index in [0.717, 1.165) is 6.07 Å². The zero-order valence-corrected chi connectivity index (χ0v) is 17.1. The first-order valence-corrected chi connectivity index (χ1v) is 9.68. The summed E-state index contributed by atoms with van der Waals surface area (Å²) in [5.41, 5.74) is -1.76. The molecule has 0 unspecified atom stereocenters. The molecule has 30 heavy (non-hydrogen) atoms. The molecule has 2 amide bonds. The number of rotatable bonds is 6. The van der Waals surface area contributed by atoms with Crippen LogP contribution in [0.25, 0.3) is 0 Å². The van der Waals surface area contributed by atoms with E-state index in [2.05, 4.69) is 4.98 Å². The first kappa shape index (κ1) is 23.5. The maximum atomic E-state index is 13.2. The lowest BCUT2D eigenvalue weighted by Gasteiger charge is -2.27. The van der Waals surface area contributed by atoms with E-state index in [-0.39, 0.29) is 37.2 Å². The molecule has 0 aromatic carbocycles. The first-order valence-electron chi connectivity index (χ1n) is 9.68. The normalized spacial score (nSPS) is 15.3. The maximum absolute atomic E-state index is 13.2.